The van der Waals surface area contributed by atoms with Crippen molar-refractivity contribution in [3.63, 3.8) is 0 Å². The molecule has 32 N–H and O–H groups in total. The largest absolute Gasteiger partial charge is 0.477 e. The van der Waals surface area contributed by atoms with Gasteiger partial charge in [-0.15, -0.1) is 0 Å². The van der Waals surface area contributed by atoms with E-state index in [9.17, 15) is 172 Å². The minimum Gasteiger partial charge on any atom is -0.477 e. The Balaban J connectivity index is 1.14. The number of nitrogens with one attached hydrogen (secondary N) is 1. The second kappa shape index (κ2) is 38.4. The number of carbonyl (C=O) groups is 2. The van der Waals surface area contributed by atoms with Gasteiger partial charge < -0.3 is 234 Å². The Labute approximate surface area is 607 Å². The van der Waals surface area contributed by atoms with E-state index in [1.165, 1.54) is 0 Å². The monoisotopic (exact) mass is 1610 g/mol. The zero-order chi connectivity index (χ0) is 80.4. The molecule has 0 radical (unpaired) electrons. The number of carbonyl (C=O) groups excluding carboxylic acids is 1. The Bertz CT molecular complexity index is 2850. The van der Waals surface area contributed by atoms with E-state index in [4.69, 9.17) is 75.6 Å². The van der Waals surface area contributed by atoms with E-state index in [0.717, 1.165) is 6.92 Å². The van der Waals surface area contributed by atoms with Crippen molar-refractivity contribution >= 4 is 19.7 Å². The van der Waals surface area contributed by atoms with Gasteiger partial charge in [0, 0.05) is 13.3 Å². The van der Waals surface area contributed by atoms with Crippen LogP contribution >= 0.6 is 7.82 Å². The van der Waals surface area contributed by atoms with Crippen LogP contribution in [0.4, 0.5) is 0 Å². The lowest BCUT2D eigenvalue weighted by molar-refractivity contribution is -0.415. The van der Waals surface area contributed by atoms with E-state index in [1.54, 1.807) is 0 Å². The standard InChI is InChI=1S/C56H96NO50P/c1-11(65)57-21-24(73)42(100-50-31(80)25(74)22(71)18(8-63)93-50)19(9-64)94-48(21)102-44-34(83)39(14(68)5-60)96-49(35(44)84)92-10-20-23(72)26(75)32(81)51(95-20)105-47-40(15(69)6-61)99-53(101-43-17(107-108(89,90)91)2-56(88,55(86)87)106-41(43)16(70)7-62)36(85)45(47)103-54-46(30(79)29(78)38(98-54)13(67)4-59)104-52-33(82)27(76)28(77)37(97-52)12(66)3-58/h12-54,58-64,66-85,88H,2-10H2,1H3,(H,57,65)(H,86,87)(H2,89,90,91)/t12-,13-,14+,15-,16+,17+,18+,19+,20+,21+,22-,23+,24+,25-,26-,27-,28-,29-,30-,31+,32+,33-,34+,35-,36-,37+,38+,39+,40+,41+,42+,43+,44-,45+,46-,47+,48-,49+,50-,51-,52+,53+,54+,56?/m0/s1. The molecule has 8 fully saturated rings. The highest BCUT2D eigenvalue weighted by Crippen LogP contribution is 2.46. The molecule has 108 heavy (non-hydrogen) atoms. The lowest BCUT2D eigenvalue weighted by Crippen LogP contribution is -2.70. The minimum atomic E-state index is -5.94. The van der Waals surface area contributed by atoms with Crippen molar-refractivity contribution in [1.29, 1.82) is 0 Å². The summed E-state index contributed by atoms with van der Waals surface area (Å²) in [4.78, 5) is 45.1. The lowest BCUT2D eigenvalue weighted by Gasteiger charge is -2.52. The van der Waals surface area contributed by atoms with Crippen LogP contribution in [0, 0.1) is 0 Å². The van der Waals surface area contributed by atoms with Crippen molar-refractivity contribution in [2.24, 2.45) is 0 Å². The first kappa shape index (κ1) is 90.9. The van der Waals surface area contributed by atoms with E-state index in [-0.39, 0.29) is 0 Å². The Morgan fingerprint density at radius 1 is 0.407 bits per heavy atom. The Morgan fingerprint density at radius 2 is 0.796 bits per heavy atom. The van der Waals surface area contributed by atoms with Crippen LogP contribution < -0.4 is 5.32 Å². The summed E-state index contributed by atoms with van der Waals surface area (Å²) in [5.41, 5.74) is 0. The van der Waals surface area contributed by atoms with Gasteiger partial charge in [0.15, 0.2) is 44.0 Å². The Kier molecular flexibility index (Phi) is 32.3. The first-order valence-corrected chi connectivity index (χ1v) is 34.8. The number of aliphatic carboxylic acids is 1. The summed E-state index contributed by atoms with van der Waals surface area (Å²) in [5, 5.41) is 319. The average molecular weight is 1610 g/mol. The number of amides is 1. The quantitative estimate of drug-likeness (QED) is 0.0287. The summed E-state index contributed by atoms with van der Waals surface area (Å²) in [6.45, 7) is -9.19. The number of ether oxygens (including phenoxy) is 15. The van der Waals surface area contributed by atoms with Crippen LogP contribution in [-0.2, 0) is 89.7 Å². The molecule has 44 atom stereocenters. The number of hydrogen-bond donors (Lipinski definition) is 32. The molecule has 0 aromatic rings. The molecule has 8 rings (SSSR count). The molecule has 1 unspecified atom stereocenters. The smallest absolute Gasteiger partial charge is 0.469 e. The Hall–Kier alpha value is -2.67. The van der Waals surface area contributed by atoms with Gasteiger partial charge in [-0.05, 0) is 0 Å². The summed E-state index contributed by atoms with van der Waals surface area (Å²) >= 11 is 0. The SMILES string of the molecule is CC(=O)N[C@H]1[C@H](O[C@@H]2[C@H](O)[C@H](OC[C@H]3O[C@@H](O[C@H]4[C@H](O[C@H]5O[C@H]([C@@H](O)CO)[C@@H](O)[C@H](O)[C@@H]5O[C@H]5O[C@H]([C@@H](O)CO)[C@@H](O)[C@H](O)[C@@H]5O)[C@H](O)[C@@H](O[C@H]5[C@@H]([C@H](O)CO)OC(O)(C(=O)O)C[C@H]5OP(=O)(O)O)O[C@@H]4[C@@H](O)CO)[C@H](O)[C@@H](O)[C@@H]3O)O[C@H]([C@H](O)CO)[C@H]2O)O[C@H](CO)[C@@H](O[C@@H]2O[C@H](CO)[C@H](O)[C@H](O)[C@H]2O)[C@@H]1O. The number of carboxylic acids is 1. The third-order valence-corrected chi connectivity index (χ3v) is 19.7. The van der Waals surface area contributed by atoms with Crippen LogP contribution in [0.1, 0.15) is 13.3 Å². The number of aliphatic hydroxyl groups is 28. The van der Waals surface area contributed by atoms with Crippen molar-refractivity contribution in [3.8, 4) is 0 Å². The van der Waals surface area contributed by atoms with Crippen molar-refractivity contribution in [2.45, 2.75) is 283 Å². The Morgan fingerprint density at radius 3 is 1.31 bits per heavy atom. The van der Waals surface area contributed by atoms with Gasteiger partial charge in [-0.25, -0.2) is 9.36 Å². The highest BCUT2D eigenvalue weighted by Gasteiger charge is 2.63. The number of phosphoric ester groups is 1. The molecule has 0 aliphatic carbocycles. The summed E-state index contributed by atoms with van der Waals surface area (Å²) in [5.74, 6) is -6.83. The predicted molar refractivity (Wildman–Crippen MR) is 322 cm³/mol. The van der Waals surface area contributed by atoms with Crippen LogP contribution in [-0.4, -0.2) is 492 Å². The maximum Gasteiger partial charge on any atom is 0.469 e. The van der Waals surface area contributed by atoms with Crippen LogP contribution in [0.25, 0.3) is 0 Å². The van der Waals surface area contributed by atoms with Gasteiger partial charge in [0.1, 0.15) is 220 Å². The van der Waals surface area contributed by atoms with Gasteiger partial charge in [0.25, 0.3) is 5.79 Å². The van der Waals surface area contributed by atoms with Crippen molar-refractivity contribution < 1.29 is 248 Å². The zero-order valence-electron chi connectivity index (χ0n) is 56.3. The molecular formula is C56H96NO50P. The van der Waals surface area contributed by atoms with E-state index >= 15 is 0 Å². The molecule has 0 aromatic heterocycles. The fraction of sp³-hybridized carbons (Fsp3) is 0.964. The van der Waals surface area contributed by atoms with Crippen LogP contribution in [0.2, 0.25) is 0 Å². The first-order valence-electron chi connectivity index (χ1n) is 33.3. The zero-order valence-corrected chi connectivity index (χ0v) is 57.2. The highest BCUT2D eigenvalue weighted by molar-refractivity contribution is 7.46. The van der Waals surface area contributed by atoms with E-state index in [0.29, 0.717) is 0 Å². The summed E-state index contributed by atoms with van der Waals surface area (Å²) in [7, 11) is -5.94. The normalized spacial score (nSPS) is 47.8. The summed E-state index contributed by atoms with van der Waals surface area (Å²) < 4.78 is 104. The number of aliphatic hydroxyl groups excluding tert-OH is 27. The maximum atomic E-state index is 12.7. The molecule has 0 bridgehead atoms. The number of hydrogen-bond acceptors (Lipinski definition) is 47. The third-order valence-electron chi connectivity index (χ3n) is 19.2. The summed E-state index contributed by atoms with van der Waals surface area (Å²) in [6, 6.07) is -1.91. The second-order valence-corrected chi connectivity index (χ2v) is 27.8. The molecular weight excluding hydrogens is 1520 g/mol. The van der Waals surface area contributed by atoms with Gasteiger partial charge in [0.05, 0.1) is 52.9 Å². The molecule has 0 spiro atoms. The van der Waals surface area contributed by atoms with Crippen LogP contribution in [0.15, 0.2) is 0 Å². The molecule has 630 valence electrons. The second-order valence-electron chi connectivity index (χ2n) is 26.7. The van der Waals surface area contributed by atoms with Gasteiger partial charge in [0.2, 0.25) is 5.91 Å². The van der Waals surface area contributed by atoms with Crippen molar-refractivity contribution in [2.75, 3.05) is 52.9 Å². The first-order chi connectivity index (χ1) is 50.7. The maximum absolute atomic E-state index is 12.7. The molecule has 8 aliphatic heterocycles. The fourth-order valence-corrected chi connectivity index (χ4v) is 13.9. The number of phosphoric acid groups is 1. The molecule has 0 saturated carbocycles. The molecule has 8 aliphatic rings. The fourth-order valence-electron chi connectivity index (χ4n) is 13.3. The summed E-state index contributed by atoms with van der Waals surface area (Å²) in [6.07, 6.45) is -100. The molecule has 8 heterocycles. The van der Waals surface area contributed by atoms with Crippen LogP contribution in [0.5, 0.6) is 0 Å². The molecule has 51 nitrogen and oxygen atoms in total. The minimum absolute atomic E-state index is 0.921. The molecule has 1 amide bonds. The third kappa shape index (κ3) is 19.9. The highest BCUT2D eigenvalue weighted by atomic mass is 31.2. The van der Waals surface area contributed by atoms with E-state index in [1.807, 2.05) is 0 Å². The van der Waals surface area contributed by atoms with E-state index < -0.39 is 348 Å². The molecule has 52 heteroatoms. The number of carboxylic acid groups (broad SMARTS) is 1. The van der Waals surface area contributed by atoms with Gasteiger partial charge in [-0.1, -0.05) is 0 Å². The van der Waals surface area contributed by atoms with Gasteiger partial charge in [-0.2, -0.15) is 0 Å². The lowest BCUT2D eigenvalue weighted by atomic mass is 9.91. The topological polar surface area (TPSA) is 838 Å². The van der Waals surface area contributed by atoms with E-state index in [2.05, 4.69) is 5.32 Å². The van der Waals surface area contributed by atoms with Gasteiger partial charge in [-0.3, -0.25) is 9.32 Å². The van der Waals surface area contributed by atoms with Crippen molar-refractivity contribution in [3.05, 3.63) is 0 Å². The van der Waals surface area contributed by atoms with Gasteiger partial charge >= 0.3 is 13.8 Å². The van der Waals surface area contributed by atoms with Crippen molar-refractivity contribution in [1.82, 2.24) is 5.32 Å². The van der Waals surface area contributed by atoms with Crippen LogP contribution in [0.3, 0.4) is 0 Å². The molecule has 8 saturated heterocycles. The average Bonchev–Trinajstić information content (AvgIpc) is 0.759. The molecule has 0 aromatic carbocycles. The predicted octanol–water partition coefficient (Wildman–Crippen LogP) is -20.9. The number of rotatable bonds is 31.